The first-order chi connectivity index (χ1) is 17.2. The fourth-order valence-electron chi connectivity index (χ4n) is 4.07. The fraction of sp³-hybridized carbons (Fsp3) is 0.333. The molecule has 36 heavy (non-hydrogen) atoms. The summed E-state index contributed by atoms with van der Waals surface area (Å²) >= 11 is 3.45. The van der Waals surface area contributed by atoms with Crippen molar-refractivity contribution in [1.29, 1.82) is 0 Å². The van der Waals surface area contributed by atoms with E-state index in [4.69, 9.17) is 4.74 Å². The summed E-state index contributed by atoms with van der Waals surface area (Å²) in [4.78, 5) is 13.7. The predicted octanol–water partition coefficient (Wildman–Crippen LogP) is 3.78. The van der Waals surface area contributed by atoms with Gasteiger partial charge < -0.3 is 25.2 Å². The Kier molecular flexibility index (Phi) is 7.98. The Morgan fingerprint density at radius 3 is 2.61 bits per heavy atom. The Hall–Kier alpha value is -2.93. The molecule has 0 saturated carbocycles. The highest BCUT2D eigenvalue weighted by Gasteiger charge is 2.25. The summed E-state index contributed by atoms with van der Waals surface area (Å²) in [5.41, 5.74) is 2.21. The molecule has 3 N–H and O–H groups in total. The van der Waals surface area contributed by atoms with Crippen molar-refractivity contribution in [3.05, 3.63) is 53.1 Å². The summed E-state index contributed by atoms with van der Waals surface area (Å²) < 4.78 is 33.4. The molecule has 0 spiro atoms. The third kappa shape index (κ3) is 5.72. The van der Waals surface area contributed by atoms with E-state index in [-0.39, 0.29) is 4.90 Å². The average Bonchev–Trinajstić information content (AvgIpc) is 3.37. The highest BCUT2D eigenvalue weighted by molar-refractivity contribution is 9.10. The monoisotopic (exact) mass is 575 g/mol. The van der Waals surface area contributed by atoms with Crippen LogP contribution in [0.4, 0.5) is 28.8 Å². The summed E-state index contributed by atoms with van der Waals surface area (Å²) in [6, 6.07) is 13.1. The number of likely N-dealkylation sites (N-methyl/N-ethyl adjacent to an activating group) is 1. The highest BCUT2D eigenvalue weighted by atomic mass is 79.9. The molecule has 1 aliphatic rings. The molecule has 2 aromatic carbocycles. The van der Waals surface area contributed by atoms with Crippen LogP contribution >= 0.6 is 15.9 Å². The molecular weight excluding hydrogens is 546 g/mol. The number of benzene rings is 2. The smallest absolute Gasteiger partial charge is 0.242 e. The van der Waals surface area contributed by atoms with Crippen LogP contribution in [0, 0.1) is 0 Å². The number of ether oxygens (including phenoxy) is 1. The predicted molar refractivity (Wildman–Crippen MR) is 146 cm³/mol. The molecule has 0 aliphatic carbocycles. The summed E-state index contributed by atoms with van der Waals surface area (Å²) in [5.74, 6) is 1.40. The number of anilines is 5. The van der Waals surface area contributed by atoms with Crippen LogP contribution in [0.25, 0.3) is 0 Å². The molecule has 1 unspecified atom stereocenters. The van der Waals surface area contributed by atoms with E-state index in [0.29, 0.717) is 33.7 Å². The van der Waals surface area contributed by atoms with Gasteiger partial charge in [-0.1, -0.05) is 12.1 Å². The second-order valence-corrected chi connectivity index (χ2v) is 11.3. The van der Waals surface area contributed by atoms with E-state index in [1.165, 1.54) is 13.1 Å². The van der Waals surface area contributed by atoms with Gasteiger partial charge in [0, 0.05) is 31.0 Å². The molecule has 0 bridgehead atoms. The van der Waals surface area contributed by atoms with Crippen LogP contribution in [0.15, 0.2) is 58.0 Å². The Morgan fingerprint density at radius 2 is 1.92 bits per heavy atom. The summed E-state index contributed by atoms with van der Waals surface area (Å²) in [7, 11) is 3.55. The molecular formula is C24H30BrN7O3S. The Morgan fingerprint density at radius 1 is 1.14 bits per heavy atom. The van der Waals surface area contributed by atoms with Gasteiger partial charge in [0.05, 0.1) is 23.0 Å². The standard InChI is InChI=1S/C24H30BrN7O3S/c1-26-36(33,34)22-8-6-5-7-19(22)28-23-18(25)14-27-24(30-23)29-20-13-16(9-10-21(20)35-4)32-12-11-17(15-32)31(2)3/h5-10,13-14,17,26H,11-12,15H2,1-4H3,(H2,27,28,29,30). The number of nitrogens with one attached hydrogen (secondary N) is 3. The molecule has 1 aliphatic heterocycles. The molecule has 192 valence electrons. The second-order valence-electron chi connectivity index (χ2n) is 8.58. The van der Waals surface area contributed by atoms with E-state index in [1.54, 1.807) is 31.5 Å². The maximum atomic E-state index is 12.4. The number of hydrogen-bond acceptors (Lipinski definition) is 9. The van der Waals surface area contributed by atoms with Crippen molar-refractivity contribution in [2.24, 2.45) is 0 Å². The van der Waals surface area contributed by atoms with Gasteiger partial charge in [0.2, 0.25) is 16.0 Å². The van der Waals surface area contributed by atoms with Crippen LogP contribution in [0.5, 0.6) is 5.75 Å². The van der Waals surface area contributed by atoms with Crippen LogP contribution in [-0.4, -0.2) is 70.7 Å². The van der Waals surface area contributed by atoms with E-state index in [0.717, 1.165) is 30.9 Å². The lowest BCUT2D eigenvalue weighted by Crippen LogP contribution is -2.31. The summed E-state index contributed by atoms with van der Waals surface area (Å²) in [6.07, 6.45) is 2.71. The summed E-state index contributed by atoms with van der Waals surface area (Å²) in [6.45, 7) is 1.93. The van der Waals surface area contributed by atoms with E-state index < -0.39 is 10.0 Å². The van der Waals surface area contributed by atoms with Gasteiger partial charge in [-0.3, -0.25) is 0 Å². The number of para-hydroxylation sites is 1. The van der Waals surface area contributed by atoms with E-state index in [9.17, 15) is 8.42 Å². The van der Waals surface area contributed by atoms with E-state index in [2.05, 4.69) is 71.2 Å². The molecule has 12 heteroatoms. The topological polar surface area (TPSA) is 112 Å². The minimum Gasteiger partial charge on any atom is -0.495 e. The highest BCUT2D eigenvalue weighted by Crippen LogP contribution is 2.34. The van der Waals surface area contributed by atoms with Crippen LogP contribution in [0.1, 0.15) is 6.42 Å². The maximum absolute atomic E-state index is 12.4. The Balaban J connectivity index is 1.61. The average molecular weight is 577 g/mol. The van der Waals surface area contributed by atoms with Crippen molar-refractivity contribution in [2.75, 3.05) is 56.9 Å². The zero-order valence-electron chi connectivity index (χ0n) is 20.6. The van der Waals surface area contributed by atoms with Crippen molar-refractivity contribution in [3.8, 4) is 5.75 Å². The molecule has 0 amide bonds. The van der Waals surface area contributed by atoms with Gasteiger partial charge in [0.1, 0.15) is 16.5 Å². The van der Waals surface area contributed by atoms with Crippen molar-refractivity contribution in [2.45, 2.75) is 17.4 Å². The Labute approximate surface area is 220 Å². The van der Waals surface area contributed by atoms with E-state index >= 15 is 0 Å². The minimum atomic E-state index is -3.66. The first-order valence-corrected chi connectivity index (χ1v) is 13.7. The van der Waals surface area contributed by atoms with Gasteiger partial charge in [-0.25, -0.2) is 18.1 Å². The number of sulfonamides is 1. The quantitative estimate of drug-likeness (QED) is 0.351. The number of methoxy groups -OCH3 is 1. The van der Waals surface area contributed by atoms with Crippen LogP contribution in [0.2, 0.25) is 0 Å². The lowest BCUT2D eigenvalue weighted by Gasteiger charge is -2.23. The lowest BCUT2D eigenvalue weighted by molar-refractivity contribution is 0.315. The van der Waals surface area contributed by atoms with E-state index in [1.807, 2.05) is 12.1 Å². The molecule has 0 radical (unpaired) electrons. The molecule has 1 atom stereocenters. The Bertz CT molecular complexity index is 1340. The SMILES string of the molecule is CNS(=O)(=O)c1ccccc1Nc1nc(Nc2cc(N3CCC(N(C)C)C3)ccc2OC)ncc1Br. The molecule has 2 heterocycles. The van der Waals surface area contributed by atoms with Crippen LogP contribution < -0.4 is 25.0 Å². The molecule has 1 aromatic heterocycles. The fourth-order valence-corrected chi connectivity index (χ4v) is 5.24. The molecule has 1 fully saturated rings. The molecule has 3 aromatic rings. The zero-order valence-corrected chi connectivity index (χ0v) is 23.0. The number of aromatic nitrogens is 2. The number of nitrogens with zero attached hydrogens (tertiary/aromatic N) is 4. The van der Waals surface area contributed by atoms with Gasteiger partial charge in [0.25, 0.3) is 0 Å². The van der Waals surface area contributed by atoms with Gasteiger partial charge in [-0.2, -0.15) is 4.98 Å². The molecule has 4 rings (SSSR count). The van der Waals surface area contributed by atoms with Gasteiger partial charge in [-0.15, -0.1) is 0 Å². The normalized spacial score (nSPS) is 15.8. The van der Waals surface area contributed by atoms with Gasteiger partial charge in [-0.05, 0) is 73.8 Å². The lowest BCUT2D eigenvalue weighted by atomic mass is 10.2. The molecule has 1 saturated heterocycles. The third-order valence-electron chi connectivity index (χ3n) is 6.13. The molecule has 10 nitrogen and oxygen atoms in total. The van der Waals surface area contributed by atoms with Gasteiger partial charge >= 0.3 is 0 Å². The van der Waals surface area contributed by atoms with Crippen LogP contribution in [0.3, 0.4) is 0 Å². The number of rotatable bonds is 9. The number of hydrogen-bond donors (Lipinski definition) is 3. The number of halogens is 1. The maximum Gasteiger partial charge on any atom is 0.242 e. The van der Waals surface area contributed by atoms with Crippen molar-refractivity contribution >= 4 is 54.8 Å². The van der Waals surface area contributed by atoms with Crippen molar-refractivity contribution in [1.82, 2.24) is 19.6 Å². The first kappa shape index (κ1) is 26.1. The van der Waals surface area contributed by atoms with Crippen molar-refractivity contribution < 1.29 is 13.2 Å². The zero-order chi connectivity index (χ0) is 25.9. The first-order valence-electron chi connectivity index (χ1n) is 11.4. The summed E-state index contributed by atoms with van der Waals surface area (Å²) in [5, 5.41) is 6.36. The van der Waals surface area contributed by atoms with Crippen LogP contribution in [-0.2, 0) is 10.0 Å². The van der Waals surface area contributed by atoms with Gasteiger partial charge in [0.15, 0.2) is 0 Å². The largest absolute Gasteiger partial charge is 0.495 e. The minimum absolute atomic E-state index is 0.114. The van der Waals surface area contributed by atoms with Crippen molar-refractivity contribution in [3.63, 3.8) is 0 Å². The second kappa shape index (κ2) is 11.0. The third-order valence-corrected chi connectivity index (χ3v) is 8.18.